The maximum Gasteiger partial charge on any atom is 0.261 e. The molecule has 6 heteroatoms. The van der Waals surface area contributed by atoms with Crippen LogP contribution in [0.25, 0.3) is 11.1 Å². The van der Waals surface area contributed by atoms with Crippen LogP contribution >= 0.6 is 0 Å². The van der Waals surface area contributed by atoms with Gasteiger partial charge >= 0.3 is 0 Å². The maximum atomic E-state index is 13.7. The summed E-state index contributed by atoms with van der Waals surface area (Å²) in [5.41, 5.74) is 3.38. The normalized spacial score (nSPS) is 10.9. The van der Waals surface area contributed by atoms with E-state index in [4.69, 9.17) is 5.21 Å². The van der Waals surface area contributed by atoms with Crippen LogP contribution in [-0.4, -0.2) is 17.3 Å². The van der Waals surface area contributed by atoms with E-state index in [9.17, 15) is 13.6 Å². The molecule has 1 amide bonds. The van der Waals surface area contributed by atoms with Crippen molar-refractivity contribution in [3.63, 3.8) is 0 Å². The molecule has 0 heterocycles. The smallest absolute Gasteiger partial charge is 0.261 e. The standard InChI is InChI=1S/C21H16F2N2O2/c1-13-5-6-14(12-24-27)11-17(13)15-7-9-16(10-8-15)25-21(26)20-18(22)3-2-4-19(20)23/h2-12,27H,1H3,(H,25,26)/b24-12-. The van der Waals surface area contributed by atoms with Gasteiger partial charge in [0.25, 0.3) is 5.91 Å². The number of anilines is 1. The quantitative estimate of drug-likeness (QED) is 0.388. The summed E-state index contributed by atoms with van der Waals surface area (Å²) in [6.07, 6.45) is 1.33. The minimum atomic E-state index is -0.915. The number of nitrogens with one attached hydrogen (secondary N) is 1. The van der Waals surface area contributed by atoms with Crippen molar-refractivity contribution in [2.24, 2.45) is 5.16 Å². The molecule has 0 spiro atoms. The Bertz CT molecular complexity index is 995. The fourth-order valence-electron chi connectivity index (χ4n) is 2.74. The van der Waals surface area contributed by atoms with E-state index >= 15 is 0 Å². The van der Waals surface area contributed by atoms with Gasteiger partial charge in [0, 0.05) is 5.69 Å². The molecule has 0 aliphatic heterocycles. The lowest BCUT2D eigenvalue weighted by molar-refractivity contribution is 0.101. The van der Waals surface area contributed by atoms with Gasteiger partial charge in [-0.05, 0) is 59.5 Å². The van der Waals surface area contributed by atoms with E-state index in [1.807, 2.05) is 25.1 Å². The lowest BCUT2D eigenvalue weighted by atomic mass is 9.98. The zero-order valence-corrected chi connectivity index (χ0v) is 14.4. The first-order chi connectivity index (χ1) is 13.0. The molecule has 0 aliphatic carbocycles. The lowest BCUT2D eigenvalue weighted by Gasteiger charge is -2.10. The summed E-state index contributed by atoms with van der Waals surface area (Å²) in [4.78, 5) is 12.2. The predicted molar refractivity (Wildman–Crippen MR) is 100 cm³/mol. The predicted octanol–water partition coefficient (Wildman–Crippen LogP) is 5.00. The molecule has 0 fully saturated rings. The summed E-state index contributed by atoms with van der Waals surface area (Å²) >= 11 is 0. The topological polar surface area (TPSA) is 61.7 Å². The Kier molecular flexibility index (Phi) is 5.26. The number of carbonyl (C=O) groups is 1. The highest BCUT2D eigenvalue weighted by Crippen LogP contribution is 2.26. The van der Waals surface area contributed by atoms with Crippen LogP contribution in [0, 0.1) is 18.6 Å². The zero-order valence-electron chi connectivity index (χ0n) is 14.4. The lowest BCUT2D eigenvalue weighted by Crippen LogP contribution is -2.15. The van der Waals surface area contributed by atoms with E-state index < -0.39 is 23.1 Å². The molecule has 0 saturated heterocycles. The minimum absolute atomic E-state index is 0.414. The Hall–Kier alpha value is -3.54. The van der Waals surface area contributed by atoms with E-state index in [-0.39, 0.29) is 0 Å². The van der Waals surface area contributed by atoms with Gasteiger partial charge in [-0.15, -0.1) is 0 Å². The average Bonchev–Trinajstić information content (AvgIpc) is 2.64. The molecule has 0 aromatic heterocycles. The second kappa shape index (κ2) is 7.78. The third-order valence-corrected chi connectivity index (χ3v) is 4.11. The number of benzene rings is 3. The molecule has 0 radical (unpaired) electrons. The fraction of sp³-hybridized carbons (Fsp3) is 0.0476. The van der Waals surface area contributed by atoms with Gasteiger partial charge in [-0.1, -0.05) is 35.5 Å². The van der Waals surface area contributed by atoms with Crippen molar-refractivity contribution in [2.45, 2.75) is 6.92 Å². The van der Waals surface area contributed by atoms with E-state index in [1.54, 1.807) is 24.3 Å². The molecule has 3 aromatic carbocycles. The minimum Gasteiger partial charge on any atom is -0.411 e. The van der Waals surface area contributed by atoms with Gasteiger partial charge in [-0.2, -0.15) is 0 Å². The van der Waals surface area contributed by atoms with E-state index in [0.717, 1.165) is 34.4 Å². The number of oxime groups is 1. The number of hydrogen-bond donors (Lipinski definition) is 2. The summed E-state index contributed by atoms with van der Waals surface area (Å²) in [7, 11) is 0. The molecular weight excluding hydrogens is 350 g/mol. The van der Waals surface area contributed by atoms with Crippen molar-refractivity contribution in [1.29, 1.82) is 0 Å². The molecular formula is C21H16F2N2O2. The molecule has 27 heavy (non-hydrogen) atoms. The Morgan fingerprint density at radius 3 is 2.33 bits per heavy atom. The number of amides is 1. The van der Waals surface area contributed by atoms with E-state index in [2.05, 4.69) is 10.5 Å². The van der Waals surface area contributed by atoms with Crippen molar-refractivity contribution in [3.05, 3.63) is 89.0 Å². The summed E-state index contributed by atoms with van der Waals surface area (Å²) < 4.78 is 27.4. The van der Waals surface area contributed by atoms with Crippen LogP contribution in [0.1, 0.15) is 21.5 Å². The first-order valence-corrected chi connectivity index (χ1v) is 8.13. The maximum absolute atomic E-state index is 13.7. The molecule has 0 saturated carbocycles. The van der Waals surface area contributed by atoms with Crippen LogP contribution in [0.3, 0.4) is 0 Å². The number of rotatable bonds is 4. The molecule has 3 aromatic rings. The third kappa shape index (κ3) is 4.00. The molecule has 136 valence electrons. The second-order valence-electron chi connectivity index (χ2n) is 5.95. The average molecular weight is 366 g/mol. The van der Waals surface area contributed by atoms with Crippen LogP contribution in [0.15, 0.2) is 65.8 Å². The number of halogens is 2. The fourth-order valence-corrected chi connectivity index (χ4v) is 2.74. The summed E-state index contributed by atoms with van der Waals surface area (Å²) in [6.45, 7) is 1.95. The van der Waals surface area contributed by atoms with Crippen LogP contribution in [0.2, 0.25) is 0 Å². The SMILES string of the molecule is Cc1ccc(/C=N\O)cc1-c1ccc(NC(=O)c2c(F)cccc2F)cc1. The molecule has 3 rings (SSSR count). The van der Waals surface area contributed by atoms with Gasteiger partial charge in [0.15, 0.2) is 0 Å². The highest BCUT2D eigenvalue weighted by molar-refractivity contribution is 6.04. The molecule has 0 bridgehead atoms. The molecule has 0 unspecified atom stereocenters. The molecule has 0 atom stereocenters. The van der Waals surface area contributed by atoms with Gasteiger partial charge in [-0.25, -0.2) is 8.78 Å². The van der Waals surface area contributed by atoms with Crippen molar-refractivity contribution < 1.29 is 18.8 Å². The van der Waals surface area contributed by atoms with Gasteiger partial charge in [-0.3, -0.25) is 4.79 Å². The number of nitrogens with zero attached hydrogens (tertiary/aromatic N) is 1. The number of aryl methyl sites for hydroxylation is 1. The summed E-state index contributed by atoms with van der Waals surface area (Å²) in [6, 6.07) is 15.8. The Balaban J connectivity index is 1.84. The Labute approximate surface area is 154 Å². The van der Waals surface area contributed by atoms with Crippen LogP contribution < -0.4 is 5.32 Å². The number of hydrogen-bond acceptors (Lipinski definition) is 3. The second-order valence-corrected chi connectivity index (χ2v) is 5.95. The van der Waals surface area contributed by atoms with Gasteiger partial charge in [0.2, 0.25) is 0 Å². The van der Waals surface area contributed by atoms with Crippen molar-refractivity contribution in [1.82, 2.24) is 0 Å². The monoisotopic (exact) mass is 366 g/mol. The molecule has 2 N–H and O–H groups in total. The summed E-state index contributed by atoms with van der Waals surface area (Å²) in [5, 5.41) is 14.2. The largest absolute Gasteiger partial charge is 0.411 e. The Morgan fingerprint density at radius 2 is 1.70 bits per heavy atom. The number of carbonyl (C=O) groups excluding carboxylic acids is 1. The van der Waals surface area contributed by atoms with Crippen LogP contribution in [0.4, 0.5) is 14.5 Å². The highest BCUT2D eigenvalue weighted by atomic mass is 19.1. The Morgan fingerprint density at radius 1 is 1.04 bits per heavy atom. The van der Waals surface area contributed by atoms with Crippen LogP contribution in [-0.2, 0) is 0 Å². The van der Waals surface area contributed by atoms with Gasteiger partial charge in [0.1, 0.15) is 17.2 Å². The van der Waals surface area contributed by atoms with E-state index in [1.165, 1.54) is 12.3 Å². The first-order valence-electron chi connectivity index (χ1n) is 8.13. The summed E-state index contributed by atoms with van der Waals surface area (Å²) in [5.74, 6) is -2.68. The first kappa shape index (κ1) is 18.3. The highest BCUT2D eigenvalue weighted by Gasteiger charge is 2.17. The van der Waals surface area contributed by atoms with Gasteiger partial charge < -0.3 is 10.5 Å². The van der Waals surface area contributed by atoms with E-state index in [0.29, 0.717) is 5.69 Å². The zero-order chi connectivity index (χ0) is 19.4. The van der Waals surface area contributed by atoms with Crippen LogP contribution in [0.5, 0.6) is 0 Å². The third-order valence-electron chi connectivity index (χ3n) is 4.11. The van der Waals surface area contributed by atoms with Gasteiger partial charge in [0.05, 0.1) is 6.21 Å². The van der Waals surface area contributed by atoms with Crippen molar-refractivity contribution in [3.8, 4) is 11.1 Å². The van der Waals surface area contributed by atoms with Crippen molar-refractivity contribution >= 4 is 17.8 Å². The van der Waals surface area contributed by atoms with Crippen molar-refractivity contribution in [2.75, 3.05) is 5.32 Å². The molecule has 0 aliphatic rings. The molecule has 4 nitrogen and oxygen atoms in total.